The van der Waals surface area contributed by atoms with Crippen LogP contribution in [0.25, 0.3) is 0 Å². The normalized spacial score (nSPS) is 20.9. The van der Waals surface area contributed by atoms with E-state index in [1.807, 2.05) is 6.07 Å². The maximum absolute atomic E-state index is 13.6. The van der Waals surface area contributed by atoms with Crippen LogP contribution < -0.4 is 15.8 Å². The molecule has 0 amide bonds. The zero-order valence-corrected chi connectivity index (χ0v) is 10.7. The first-order valence-electron chi connectivity index (χ1n) is 6.22. The van der Waals surface area contributed by atoms with Crippen molar-refractivity contribution >= 4 is 0 Å². The monoisotopic (exact) mass is 253 g/mol. The van der Waals surface area contributed by atoms with E-state index >= 15 is 0 Å². The number of methoxy groups -OCH3 is 1. The summed E-state index contributed by atoms with van der Waals surface area (Å²) in [6, 6.07) is 5.43. The number of piperazine rings is 1. The standard InChI is InChI=1S/C13H20FN3O/c1-18-13-3-2-10(6-12(13)14)9-17-5-4-16-8-11(17)7-15/h2-3,6,11,16H,4-5,7-9,15H2,1H3. The van der Waals surface area contributed by atoms with Crippen LogP contribution in [0.4, 0.5) is 4.39 Å². The van der Waals surface area contributed by atoms with E-state index in [4.69, 9.17) is 10.5 Å². The Morgan fingerprint density at radius 2 is 2.39 bits per heavy atom. The van der Waals surface area contributed by atoms with Crippen LogP contribution in [0.5, 0.6) is 5.75 Å². The molecule has 0 bridgehead atoms. The van der Waals surface area contributed by atoms with Gasteiger partial charge < -0.3 is 15.8 Å². The molecule has 0 aliphatic carbocycles. The fraction of sp³-hybridized carbons (Fsp3) is 0.538. The van der Waals surface area contributed by atoms with Crippen LogP contribution in [0.3, 0.4) is 0 Å². The zero-order valence-electron chi connectivity index (χ0n) is 10.7. The molecule has 3 N–H and O–H groups in total. The number of ether oxygens (including phenoxy) is 1. The maximum atomic E-state index is 13.6. The summed E-state index contributed by atoms with van der Waals surface area (Å²) in [5.74, 6) is -0.0242. The van der Waals surface area contributed by atoms with Gasteiger partial charge in [0.05, 0.1) is 7.11 Å². The molecular formula is C13H20FN3O. The fourth-order valence-electron chi connectivity index (χ4n) is 2.29. The summed E-state index contributed by atoms with van der Waals surface area (Å²) in [6.45, 7) is 4.13. The topological polar surface area (TPSA) is 50.5 Å². The Morgan fingerprint density at radius 1 is 1.56 bits per heavy atom. The molecule has 1 fully saturated rings. The van der Waals surface area contributed by atoms with Crippen molar-refractivity contribution in [2.45, 2.75) is 12.6 Å². The van der Waals surface area contributed by atoms with Gasteiger partial charge in [0.25, 0.3) is 0 Å². The molecule has 5 heteroatoms. The number of nitrogens with zero attached hydrogens (tertiary/aromatic N) is 1. The Kier molecular flexibility index (Phi) is 4.52. The SMILES string of the molecule is COc1ccc(CN2CCNCC2CN)cc1F. The van der Waals surface area contributed by atoms with Crippen LogP contribution >= 0.6 is 0 Å². The molecule has 0 aromatic heterocycles. The second-order valence-electron chi connectivity index (χ2n) is 4.53. The van der Waals surface area contributed by atoms with Crippen molar-refractivity contribution in [3.63, 3.8) is 0 Å². The molecule has 0 spiro atoms. The highest BCUT2D eigenvalue weighted by Gasteiger charge is 2.20. The number of halogens is 1. The first-order valence-corrected chi connectivity index (χ1v) is 6.22. The second-order valence-corrected chi connectivity index (χ2v) is 4.53. The molecule has 1 aromatic carbocycles. The van der Waals surface area contributed by atoms with Crippen LogP contribution in [0.15, 0.2) is 18.2 Å². The minimum atomic E-state index is -0.311. The summed E-state index contributed by atoms with van der Waals surface area (Å²) >= 11 is 0. The average molecular weight is 253 g/mol. The van der Waals surface area contributed by atoms with Gasteiger partial charge in [-0.15, -0.1) is 0 Å². The largest absolute Gasteiger partial charge is 0.494 e. The molecule has 1 heterocycles. The fourth-order valence-corrected chi connectivity index (χ4v) is 2.29. The first-order chi connectivity index (χ1) is 8.74. The van der Waals surface area contributed by atoms with Crippen molar-refractivity contribution in [1.82, 2.24) is 10.2 Å². The lowest BCUT2D eigenvalue weighted by molar-refractivity contribution is 0.157. The summed E-state index contributed by atoms with van der Waals surface area (Å²) in [5, 5.41) is 3.32. The molecular weight excluding hydrogens is 233 g/mol. The van der Waals surface area contributed by atoms with Crippen LogP contribution in [0, 0.1) is 5.82 Å². The molecule has 0 saturated carbocycles. The van der Waals surface area contributed by atoms with Gasteiger partial charge in [-0.3, -0.25) is 4.90 Å². The minimum absolute atomic E-state index is 0.287. The van der Waals surface area contributed by atoms with E-state index in [0.717, 1.165) is 31.7 Å². The van der Waals surface area contributed by atoms with Crippen LogP contribution in [0.1, 0.15) is 5.56 Å². The molecule has 1 aliphatic heterocycles. The summed E-state index contributed by atoms with van der Waals surface area (Å²) in [6.07, 6.45) is 0. The smallest absolute Gasteiger partial charge is 0.165 e. The van der Waals surface area contributed by atoms with Gasteiger partial charge in [-0.1, -0.05) is 6.07 Å². The predicted molar refractivity (Wildman–Crippen MR) is 69.1 cm³/mol. The highest BCUT2D eigenvalue weighted by atomic mass is 19.1. The lowest BCUT2D eigenvalue weighted by atomic mass is 10.1. The number of nitrogens with two attached hydrogens (primary N) is 1. The van der Waals surface area contributed by atoms with Gasteiger partial charge in [0, 0.05) is 38.8 Å². The Morgan fingerprint density at radius 3 is 3.06 bits per heavy atom. The molecule has 1 atom stereocenters. The quantitative estimate of drug-likeness (QED) is 0.823. The lowest BCUT2D eigenvalue weighted by Crippen LogP contribution is -2.53. The van der Waals surface area contributed by atoms with Gasteiger partial charge in [-0.25, -0.2) is 4.39 Å². The number of hydrogen-bond acceptors (Lipinski definition) is 4. The number of nitrogens with one attached hydrogen (secondary N) is 1. The summed E-state index contributed by atoms with van der Waals surface area (Å²) in [7, 11) is 1.47. The summed E-state index contributed by atoms with van der Waals surface area (Å²) < 4.78 is 18.5. The highest BCUT2D eigenvalue weighted by molar-refractivity contribution is 5.29. The van der Waals surface area contributed by atoms with Crippen LogP contribution in [-0.4, -0.2) is 44.2 Å². The highest BCUT2D eigenvalue weighted by Crippen LogP contribution is 2.19. The van der Waals surface area contributed by atoms with E-state index in [-0.39, 0.29) is 11.6 Å². The van der Waals surface area contributed by atoms with Gasteiger partial charge in [0.1, 0.15) is 0 Å². The second kappa shape index (κ2) is 6.13. The molecule has 1 saturated heterocycles. The van der Waals surface area contributed by atoms with E-state index in [9.17, 15) is 4.39 Å². The third-order valence-electron chi connectivity index (χ3n) is 3.35. The van der Waals surface area contributed by atoms with Crippen molar-refractivity contribution in [3.8, 4) is 5.75 Å². The van der Waals surface area contributed by atoms with E-state index in [1.54, 1.807) is 6.07 Å². The maximum Gasteiger partial charge on any atom is 0.165 e. The Labute approximate surface area is 107 Å². The van der Waals surface area contributed by atoms with E-state index in [1.165, 1.54) is 13.2 Å². The van der Waals surface area contributed by atoms with E-state index in [2.05, 4.69) is 10.2 Å². The van der Waals surface area contributed by atoms with Gasteiger partial charge in [0.15, 0.2) is 11.6 Å². The minimum Gasteiger partial charge on any atom is -0.494 e. The third-order valence-corrected chi connectivity index (χ3v) is 3.35. The van der Waals surface area contributed by atoms with Crippen LogP contribution in [-0.2, 0) is 6.54 Å². The molecule has 0 radical (unpaired) electrons. The van der Waals surface area contributed by atoms with Crippen molar-refractivity contribution < 1.29 is 9.13 Å². The molecule has 1 aromatic rings. The molecule has 1 unspecified atom stereocenters. The van der Waals surface area contributed by atoms with Gasteiger partial charge in [0.2, 0.25) is 0 Å². The Bertz CT molecular complexity index is 400. The molecule has 100 valence electrons. The lowest BCUT2D eigenvalue weighted by Gasteiger charge is -2.35. The average Bonchev–Trinajstić information content (AvgIpc) is 2.39. The molecule has 18 heavy (non-hydrogen) atoms. The first kappa shape index (κ1) is 13.3. The number of benzene rings is 1. The molecule has 4 nitrogen and oxygen atoms in total. The van der Waals surface area contributed by atoms with E-state index in [0.29, 0.717) is 12.6 Å². The number of rotatable bonds is 4. The Balaban J connectivity index is 2.05. The van der Waals surface area contributed by atoms with Gasteiger partial charge in [-0.2, -0.15) is 0 Å². The van der Waals surface area contributed by atoms with E-state index < -0.39 is 0 Å². The van der Waals surface area contributed by atoms with Gasteiger partial charge >= 0.3 is 0 Å². The van der Waals surface area contributed by atoms with Crippen molar-refractivity contribution in [2.24, 2.45) is 5.73 Å². The van der Waals surface area contributed by atoms with Crippen molar-refractivity contribution in [2.75, 3.05) is 33.3 Å². The molecule has 1 aliphatic rings. The summed E-state index contributed by atoms with van der Waals surface area (Å²) in [5.41, 5.74) is 6.70. The predicted octanol–water partition coefficient (Wildman–Crippen LogP) is 0.567. The summed E-state index contributed by atoms with van der Waals surface area (Å²) in [4.78, 5) is 2.29. The van der Waals surface area contributed by atoms with Gasteiger partial charge in [-0.05, 0) is 17.7 Å². The molecule has 2 rings (SSSR count). The Hall–Kier alpha value is -1.17. The van der Waals surface area contributed by atoms with Crippen LogP contribution in [0.2, 0.25) is 0 Å². The zero-order chi connectivity index (χ0) is 13.0. The third kappa shape index (κ3) is 2.98. The van der Waals surface area contributed by atoms with Crippen molar-refractivity contribution in [1.29, 1.82) is 0 Å². The number of hydrogen-bond donors (Lipinski definition) is 2. The van der Waals surface area contributed by atoms with Crippen molar-refractivity contribution in [3.05, 3.63) is 29.6 Å².